The fraction of sp³-hybridized carbons (Fsp3) is 0.500. The summed E-state index contributed by atoms with van der Waals surface area (Å²) in [5.41, 5.74) is 1.58. The lowest BCUT2D eigenvalue weighted by Crippen LogP contribution is -2.43. The number of hydrogen-bond acceptors (Lipinski definition) is 3. The molecule has 6 heteroatoms. The molecule has 2 heterocycles. The summed E-state index contributed by atoms with van der Waals surface area (Å²) in [4.78, 5) is 31.3. The van der Waals surface area contributed by atoms with Gasteiger partial charge in [-0.3, -0.25) is 9.69 Å². The van der Waals surface area contributed by atoms with E-state index in [4.69, 9.17) is 0 Å². The van der Waals surface area contributed by atoms with Crippen LogP contribution in [0.15, 0.2) is 12.1 Å². The van der Waals surface area contributed by atoms with Gasteiger partial charge in [0.1, 0.15) is 5.82 Å². The Morgan fingerprint density at radius 1 is 1.45 bits per heavy atom. The first kappa shape index (κ1) is 14.3. The van der Waals surface area contributed by atoms with Crippen LogP contribution in [0, 0.1) is 5.92 Å². The smallest absolute Gasteiger partial charge is 0.321 e. The van der Waals surface area contributed by atoms with E-state index in [0.717, 1.165) is 17.8 Å². The number of carbonyl (C=O) groups is 2. The minimum absolute atomic E-state index is 0.0338. The first-order valence-corrected chi connectivity index (χ1v) is 6.73. The lowest BCUT2D eigenvalue weighted by molar-refractivity contribution is -0.119. The van der Waals surface area contributed by atoms with Gasteiger partial charge >= 0.3 is 6.03 Å². The van der Waals surface area contributed by atoms with Gasteiger partial charge in [-0.25, -0.2) is 9.78 Å². The molecule has 0 bridgehead atoms. The van der Waals surface area contributed by atoms with Crippen LogP contribution in [0.4, 0.5) is 16.3 Å². The number of aromatic nitrogens is 1. The Kier molecular flexibility index (Phi) is 3.92. The van der Waals surface area contributed by atoms with Crippen LogP contribution >= 0.6 is 0 Å². The van der Waals surface area contributed by atoms with Gasteiger partial charge in [0.15, 0.2) is 0 Å². The van der Waals surface area contributed by atoms with Gasteiger partial charge in [0.25, 0.3) is 0 Å². The van der Waals surface area contributed by atoms with Crippen molar-refractivity contribution >= 4 is 23.4 Å². The highest BCUT2D eigenvalue weighted by atomic mass is 16.2. The Hall–Kier alpha value is -2.11. The molecule has 1 aromatic rings. The number of carbonyl (C=O) groups excluding carboxylic acids is 2. The van der Waals surface area contributed by atoms with Gasteiger partial charge in [-0.15, -0.1) is 0 Å². The maximum atomic E-state index is 11.9. The van der Waals surface area contributed by atoms with Gasteiger partial charge in [-0.05, 0) is 18.6 Å². The second-order valence-electron chi connectivity index (χ2n) is 5.16. The summed E-state index contributed by atoms with van der Waals surface area (Å²) >= 11 is 0. The van der Waals surface area contributed by atoms with Gasteiger partial charge in [0.05, 0.1) is 17.9 Å². The summed E-state index contributed by atoms with van der Waals surface area (Å²) in [6, 6.07) is 3.49. The van der Waals surface area contributed by atoms with Crippen LogP contribution in [-0.4, -0.2) is 35.9 Å². The molecule has 0 saturated carbocycles. The molecule has 0 fully saturated rings. The normalized spacial score (nSPS) is 15.9. The van der Waals surface area contributed by atoms with Crippen LogP contribution in [0.5, 0.6) is 0 Å². The molecular formula is C14H20N4O2. The molecule has 6 nitrogen and oxygen atoms in total. The maximum Gasteiger partial charge on any atom is 0.324 e. The third kappa shape index (κ3) is 2.59. The first-order chi connectivity index (χ1) is 9.43. The summed E-state index contributed by atoms with van der Waals surface area (Å²) in [6.07, 6.45) is 0.788. The number of fused-ring (bicyclic) bond motifs is 1. The van der Waals surface area contributed by atoms with Crippen molar-refractivity contribution in [1.82, 2.24) is 9.88 Å². The number of nitrogens with one attached hydrogen (secondary N) is 1. The first-order valence-electron chi connectivity index (χ1n) is 6.73. The van der Waals surface area contributed by atoms with E-state index in [1.165, 1.54) is 0 Å². The number of urea groups is 1. The Morgan fingerprint density at radius 3 is 2.80 bits per heavy atom. The Morgan fingerprint density at radius 2 is 2.15 bits per heavy atom. The highest BCUT2D eigenvalue weighted by molar-refractivity contribution is 5.95. The van der Waals surface area contributed by atoms with Crippen molar-refractivity contribution in [2.45, 2.75) is 26.8 Å². The molecule has 1 N–H and O–H groups in total. The topological polar surface area (TPSA) is 65.5 Å². The van der Waals surface area contributed by atoms with Crippen LogP contribution < -0.4 is 10.2 Å². The lowest BCUT2D eigenvalue weighted by atomic mass is 10.1. The van der Waals surface area contributed by atoms with E-state index in [-0.39, 0.29) is 17.9 Å². The average Bonchev–Trinajstić information content (AvgIpc) is 2.43. The minimum atomic E-state index is -0.0595. The third-order valence-corrected chi connectivity index (χ3v) is 3.62. The van der Waals surface area contributed by atoms with Gasteiger partial charge in [0.2, 0.25) is 5.91 Å². The van der Waals surface area contributed by atoms with E-state index in [2.05, 4.69) is 10.3 Å². The van der Waals surface area contributed by atoms with Crippen molar-refractivity contribution < 1.29 is 9.59 Å². The molecule has 3 amide bonds. The van der Waals surface area contributed by atoms with Crippen LogP contribution in [0.2, 0.25) is 0 Å². The molecule has 1 aliphatic rings. The highest BCUT2D eigenvalue weighted by Gasteiger charge is 2.26. The van der Waals surface area contributed by atoms with Gasteiger partial charge < -0.3 is 10.2 Å². The predicted molar refractivity (Wildman–Crippen MR) is 77.6 cm³/mol. The number of anilines is 2. The summed E-state index contributed by atoms with van der Waals surface area (Å²) in [6.45, 7) is 4.31. The number of amides is 3. The number of rotatable bonds is 3. The zero-order valence-electron chi connectivity index (χ0n) is 12.3. The molecule has 0 unspecified atom stereocenters. The summed E-state index contributed by atoms with van der Waals surface area (Å²) < 4.78 is 0. The molecule has 1 aliphatic heterocycles. The van der Waals surface area contributed by atoms with Crippen molar-refractivity contribution in [3.05, 3.63) is 17.8 Å². The predicted octanol–water partition coefficient (Wildman–Crippen LogP) is 2.07. The lowest BCUT2D eigenvalue weighted by Gasteiger charge is -2.32. The minimum Gasteiger partial charge on any atom is -0.321 e. The SMILES string of the molecule is CC[C@@H](C)C(=O)Nc1ccc2c(n1)CN(C)C(=O)N2C. The van der Waals surface area contributed by atoms with E-state index in [1.807, 2.05) is 19.9 Å². The van der Waals surface area contributed by atoms with E-state index in [1.54, 1.807) is 30.0 Å². The third-order valence-electron chi connectivity index (χ3n) is 3.62. The molecule has 2 rings (SSSR count). The van der Waals surface area contributed by atoms with Crippen molar-refractivity contribution in [2.24, 2.45) is 5.92 Å². The number of hydrogen-bond donors (Lipinski definition) is 1. The van der Waals surface area contributed by atoms with Gasteiger partial charge in [0, 0.05) is 20.0 Å². The molecule has 0 aromatic carbocycles. The second-order valence-corrected chi connectivity index (χ2v) is 5.16. The Balaban J connectivity index is 2.22. The van der Waals surface area contributed by atoms with Crippen LogP contribution in [-0.2, 0) is 11.3 Å². The van der Waals surface area contributed by atoms with Crippen LogP contribution in [0.25, 0.3) is 0 Å². The molecule has 108 valence electrons. The number of nitrogens with zero attached hydrogens (tertiary/aromatic N) is 3. The van der Waals surface area contributed by atoms with Crippen LogP contribution in [0.1, 0.15) is 26.0 Å². The maximum absolute atomic E-state index is 11.9. The van der Waals surface area contributed by atoms with E-state index < -0.39 is 0 Å². The molecule has 0 radical (unpaired) electrons. The van der Waals surface area contributed by atoms with Gasteiger partial charge in [-0.2, -0.15) is 0 Å². The van der Waals surface area contributed by atoms with E-state index in [0.29, 0.717) is 12.4 Å². The monoisotopic (exact) mass is 276 g/mol. The Bertz CT molecular complexity index is 544. The zero-order chi connectivity index (χ0) is 14.9. The summed E-state index contributed by atoms with van der Waals surface area (Å²) in [5.74, 6) is 0.457. The molecular weight excluding hydrogens is 256 g/mol. The second kappa shape index (κ2) is 5.48. The number of pyridine rings is 1. The Labute approximate surface area is 118 Å². The van der Waals surface area contributed by atoms with E-state index >= 15 is 0 Å². The standard InChI is InChI=1S/C14H20N4O2/c1-5-9(2)13(19)16-12-7-6-11-10(15-12)8-17(3)14(20)18(11)4/h6-7,9H,5,8H2,1-4H3,(H,15,16,19)/t9-/m1/s1. The van der Waals surface area contributed by atoms with Crippen molar-refractivity contribution in [3.8, 4) is 0 Å². The molecule has 1 atom stereocenters. The van der Waals surface area contributed by atoms with Crippen molar-refractivity contribution in [1.29, 1.82) is 0 Å². The van der Waals surface area contributed by atoms with Crippen molar-refractivity contribution in [3.63, 3.8) is 0 Å². The molecule has 20 heavy (non-hydrogen) atoms. The summed E-state index contributed by atoms with van der Waals surface area (Å²) in [7, 11) is 3.45. The highest BCUT2D eigenvalue weighted by Crippen LogP contribution is 2.26. The largest absolute Gasteiger partial charge is 0.324 e. The summed E-state index contributed by atoms with van der Waals surface area (Å²) in [5, 5.41) is 2.81. The quantitative estimate of drug-likeness (QED) is 0.919. The zero-order valence-corrected chi connectivity index (χ0v) is 12.3. The fourth-order valence-corrected chi connectivity index (χ4v) is 2.07. The van der Waals surface area contributed by atoms with E-state index in [9.17, 15) is 9.59 Å². The molecule has 0 aliphatic carbocycles. The van der Waals surface area contributed by atoms with Crippen molar-refractivity contribution in [2.75, 3.05) is 24.3 Å². The average molecular weight is 276 g/mol. The molecule has 1 aromatic heterocycles. The van der Waals surface area contributed by atoms with Gasteiger partial charge in [-0.1, -0.05) is 13.8 Å². The molecule has 0 saturated heterocycles. The fourth-order valence-electron chi connectivity index (χ4n) is 2.07. The van der Waals surface area contributed by atoms with Crippen LogP contribution in [0.3, 0.4) is 0 Å². The molecule has 0 spiro atoms.